The molecule has 1 N–H and O–H groups in total. The molecule has 1 aromatic heterocycles. The molecule has 0 unspecified atom stereocenters. The fourth-order valence-electron chi connectivity index (χ4n) is 4.46. The standard InChI is InChI=1S/C34H40N3O10PS.CH4/c1-6-44-48(39,45-7-2)23-27-19-36-33(20-35-27)37-34(38)26-16-30(46-24(3)21-43-22-25-8-10-28(42-4)11-9-25)18-31(17-26)47-29-12-14-32(15-13-29)49(5,40)41;/h8-20,24H,6-7,21-23H2,1-5H3,(H,36,37,38);1H4/t24-;/m0./s1. The van der Waals surface area contributed by atoms with Gasteiger partial charge in [0.25, 0.3) is 5.91 Å². The van der Waals surface area contributed by atoms with Crippen LogP contribution in [0.5, 0.6) is 23.0 Å². The van der Waals surface area contributed by atoms with Gasteiger partial charge in [-0.1, -0.05) is 19.6 Å². The molecule has 0 aliphatic rings. The molecule has 50 heavy (non-hydrogen) atoms. The summed E-state index contributed by atoms with van der Waals surface area (Å²) >= 11 is 0. The van der Waals surface area contributed by atoms with E-state index in [0.29, 0.717) is 23.8 Å². The molecule has 3 aromatic carbocycles. The summed E-state index contributed by atoms with van der Waals surface area (Å²) in [5.41, 5.74) is 1.53. The van der Waals surface area contributed by atoms with Crippen molar-refractivity contribution in [2.75, 3.05) is 38.5 Å². The lowest BCUT2D eigenvalue weighted by Crippen LogP contribution is -2.20. The molecule has 1 heterocycles. The minimum absolute atomic E-state index is 0. The lowest BCUT2D eigenvalue weighted by Gasteiger charge is -2.17. The molecular weight excluding hydrogens is 685 g/mol. The Kier molecular flexibility index (Phi) is 14.9. The van der Waals surface area contributed by atoms with E-state index >= 15 is 0 Å². The second-order valence-corrected chi connectivity index (χ2v) is 14.9. The van der Waals surface area contributed by atoms with Crippen molar-refractivity contribution in [2.45, 2.75) is 52.0 Å². The van der Waals surface area contributed by atoms with Crippen molar-refractivity contribution in [3.8, 4) is 23.0 Å². The second-order valence-electron chi connectivity index (χ2n) is 10.8. The van der Waals surface area contributed by atoms with Crippen LogP contribution in [0.2, 0.25) is 0 Å². The van der Waals surface area contributed by atoms with Crippen LogP contribution < -0.4 is 19.5 Å². The summed E-state index contributed by atoms with van der Waals surface area (Å²) in [4.78, 5) is 22.1. The molecule has 0 saturated carbocycles. The van der Waals surface area contributed by atoms with Crippen molar-refractivity contribution >= 4 is 29.2 Å². The maximum absolute atomic E-state index is 13.4. The Hall–Kier alpha value is -4.33. The van der Waals surface area contributed by atoms with Gasteiger partial charge in [-0.05, 0) is 74.9 Å². The first-order valence-corrected chi connectivity index (χ1v) is 19.0. The first kappa shape index (κ1) is 40.1. The van der Waals surface area contributed by atoms with Crippen LogP contribution >= 0.6 is 7.60 Å². The average molecular weight is 730 g/mol. The van der Waals surface area contributed by atoms with Gasteiger partial charge in [0.2, 0.25) is 0 Å². The molecule has 1 amide bonds. The Morgan fingerprint density at radius 3 is 2.10 bits per heavy atom. The molecule has 0 aliphatic carbocycles. The number of sulfone groups is 1. The minimum Gasteiger partial charge on any atom is -0.497 e. The third kappa shape index (κ3) is 12.2. The number of anilines is 1. The monoisotopic (exact) mass is 729 g/mol. The second kappa shape index (κ2) is 18.6. The van der Waals surface area contributed by atoms with Crippen molar-refractivity contribution in [2.24, 2.45) is 0 Å². The number of ether oxygens (including phenoxy) is 4. The summed E-state index contributed by atoms with van der Waals surface area (Å²) in [6.07, 6.45) is 3.39. The topological polar surface area (TPSA) is 161 Å². The molecule has 13 nitrogen and oxygen atoms in total. The predicted octanol–water partition coefficient (Wildman–Crippen LogP) is 7.32. The Balaban J connectivity index is 0.00000676. The first-order chi connectivity index (χ1) is 23.4. The molecule has 4 aromatic rings. The zero-order valence-electron chi connectivity index (χ0n) is 28.0. The number of carbonyl (C=O) groups is 1. The maximum atomic E-state index is 13.4. The Morgan fingerprint density at radius 1 is 0.880 bits per heavy atom. The predicted molar refractivity (Wildman–Crippen MR) is 190 cm³/mol. The summed E-state index contributed by atoms with van der Waals surface area (Å²) in [5.74, 6) is 1.34. The van der Waals surface area contributed by atoms with E-state index in [0.717, 1.165) is 17.6 Å². The average Bonchev–Trinajstić information content (AvgIpc) is 3.06. The quantitative estimate of drug-likeness (QED) is 0.102. The molecule has 0 bridgehead atoms. The normalized spacial score (nSPS) is 12.0. The fraction of sp³-hybridized carbons (Fsp3) is 0.343. The van der Waals surface area contributed by atoms with Crippen LogP contribution in [0.25, 0.3) is 0 Å². The molecule has 4 rings (SSSR count). The van der Waals surface area contributed by atoms with E-state index in [1.807, 2.05) is 31.2 Å². The Labute approximate surface area is 293 Å². The van der Waals surface area contributed by atoms with Crippen LogP contribution in [0, 0.1) is 0 Å². The number of nitrogens with one attached hydrogen (secondary N) is 1. The third-order valence-corrected chi connectivity index (χ3v) is 9.84. The van der Waals surface area contributed by atoms with E-state index in [2.05, 4.69) is 15.3 Å². The van der Waals surface area contributed by atoms with E-state index < -0.39 is 29.4 Å². The van der Waals surface area contributed by atoms with Crippen LogP contribution in [0.4, 0.5) is 5.82 Å². The van der Waals surface area contributed by atoms with Crippen LogP contribution in [0.1, 0.15) is 49.8 Å². The minimum atomic E-state index is -3.39. The number of carbonyl (C=O) groups excluding carboxylic acids is 1. The molecule has 0 spiro atoms. The van der Waals surface area contributed by atoms with E-state index in [1.165, 1.54) is 42.7 Å². The van der Waals surface area contributed by atoms with Gasteiger partial charge >= 0.3 is 7.60 Å². The van der Waals surface area contributed by atoms with Gasteiger partial charge in [-0.2, -0.15) is 0 Å². The smallest absolute Gasteiger partial charge is 0.336 e. The number of nitrogens with zero attached hydrogens (tertiary/aromatic N) is 2. The van der Waals surface area contributed by atoms with Gasteiger partial charge in [0.05, 0.1) is 62.7 Å². The summed E-state index contributed by atoms with van der Waals surface area (Å²) < 4.78 is 70.4. The summed E-state index contributed by atoms with van der Waals surface area (Å²) in [5, 5.41) is 2.70. The lowest BCUT2D eigenvalue weighted by molar-refractivity contribution is 0.0491. The molecule has 270 valence electrons. The van der Waals surface area contributed by atoms with Gasteiger partial charge in [0.1, 0.15) is 29.1 Å². The van der Waals surface area contributed by atoms with Gasteiger partial charge in [0, 0.05) is 17.9 Å². The highest BCUT2D eigenvalue weighted by Crippen LogP contribution is 2.50. The number of aromatic nitrogens is 2. The number of rotatable bonds is 18. The van der Waals surface area contributed by atoms with Crippen molar-refractivity contribution in [3.63, 3.8) is 0 Å². The van der Waals surface area contributed by atoms with Gasteiger partial charge in [-0.15, -0.1) is 0 Å². The molecule has 0 fully saturated rings. The molecule has 15 heteroatoms. The van der Waals surface area contributed by atoms with E-state index in [-0.39, 0.29) is 55.4 Å². The van der Waals surface area contributed by atoms with Gasteiger partial charge < -0.3 is 33.3 Å². The maximum Gasteiger partial charge on any atom is 0.336 e. The molecule has 0 radical (unpaired) electrons. The van der Waals surface area contributed by atoms with Crippen LogP contribution in [0.3, 0.4) is 0 Å². The zero-order chi connectivity index (χ0) is 35.4. The van der Waals surface area contributed by atoms with E-state index in [9.17, 15) is 17.8 Å². The number of amides is 1. The first-order valence-electron chi connectivity index (χ1n) is 15.4. The Morgan fingerprint density at radius 2 is 1.52 bits per heavy atom. The molecule has 0 saturated heterocycles. The largest absolute Gasteiger partial charge is 0.497 e. The molecule has 1 atom stereocenters. The number of methoxy groups -OCH3 is 1. The summed E-state index contributed by atoms with van der Waals surface area (Å²) in [6.45, 7) is 6.33. The zero-order valence-corrected chi connectivity index (χ0v) is 29.7. The molecule has 0 aliphatic heterocycles. The van der Waals surface area contributed by atoms with Gasteiger partial charge in [0.15, 0.2) is 15.7 Å². The highest BCUT2D eigenvalue weighted by atomic mass is 32.2. The van der Waals surface area contributed by atoms with Gasteiger partial charge in [-0.25, -0.2) is 13.4 Å². The summed E-state index contributed by atoms with van der Waals surface area (Å²) in [6, 6.07) is 18.1. The van der Waals surface area contributed by atoms with Crippen LogP contribution in [-0.4, -0.2) is 63.6 Å². The van der Waals surface area contributed by atoms with Crippen molar-refractivity contribution < 1.29 is 45.8 Å². The molecular formula is C35H44N3O10PS. The van der Waals surface area contributed by atoms with Crippen LogP contribution in [0.15, 0.2) is 84.0 Å². The van der Waals surface area contributed by atoms with E-state index in [1.54, 1.807) is 33.1 Å². The number of hydrogen-bond acceptors (Lipinski definition) is 12. The third-order valence-electron chi connectivity index (χ3n) is 6.70. The lowest BCUT2D eigenvalue weighted by atomic mass is 10.2. The van der Waals surface area contributed by atoms with Crippen molar-refractivity contribution in [3.05, 3.63) is 95.9 Å². The number of benzene rings is 3. The summed E-state index contributed by atoms with van der Waals surface area (Å²) in [7, 11) is -5.17. The highest BCUT2D eigenvalue weighted by molar-refractivity contribution is 7.90. The SMILES string of the molecule is C.CCOP(=O)(Cc1cnc(NC(=O)c2cc(Oc3ccc(S(C)(=O)=O)cc3)cc(O[C@@H](C)COCc3ccc(OC)cc3)c2)cn1)OCC. The van der Waals surface area contributed by atoms with Crippen molar-refractivity contribution in [1.29, 1.82) is 0 Å². The fourth-order valence-corrected chi connectivity index (χ4v) is 6.70. The van der Waals surface area contributed by atoms with Crippen molar-refractivity contribution in [1.82, 2.24) is 9.97 Å². The number of hydrogen-bond donors (Lipinski definition) is 1. The van der Waals surface area contributed by atoms with Crippen LogP contribution in [-0.2, 0) is 41.0 Å². The Bertz CT molecular complexity index is 1830. The highest BCUT2D eigenvalue weighted by Gasteiger charge is 2.25. The van der Waals surface area contributed by atoms with Gasteiger partial charge in [-0.3, -0.25) is 14.3 Å². The van der Waals surface area contributed by atoms with E-state index in [4.69, 9.17) is 28.0 Å².